The van der Waals surface area contributed by atoms with Crippen LogP contribution in [-0.4, -0.2) is 35.8 Å². The topological polar surface area (TPSA) is 77.8 Å². The molecule has 0 radical (unpaired) electrons. The summed E-state index contributed by atoms with van der Waals surface area (Å²) in [6.07, 6.45) is 5.90. The lowest BCUT2D eigenvalue weighted by molar-refractivity contribution is 0.0926. The highest BCUT2D eigenvalue weighted by Crippen LogP contribution is 2.31. The predicted octanol–water partition coefficient (Wildman–Crippen LogP) is 2.14. The van der Waals surface area contributed by atoms with Gasteiger partial charge in [-0.3, -0.25) is 4.79 Å². The zero-order valence-electron chi connectivity index (χ0n) is 12.6. The molecular formula is C17H26N2O2. The van der Waals surface area contributed by atoms with Crippen molar-refractivity contribution in [2.75, 3.05) is 25.4 Å². The molecular weight excluding hydrogens is 264 g/mol. The smallest absolute Gasteiger partial charge is 0.163 e. The van der Waals surface area contributed by atoms with Crippen molar-refractivity contribution in [3.8, 4) is 0 Å². The average molecular weight is 290 g/mol. The standard InChI is InChI=1S/C17H24N2O.H2O/c18-16-5-3-15(4-6-16)17(20)11-13-7-9-19(10-8-13)12-14-1-2-14;/h3-6,13-14H,1-2,7-12,18H2;1H2. The number of rotatable bonds is 5. The number of nitrogen functional groups attached to an aromatic ring is 1. The van der Waals surface area contributed by atoms with Crippen molar-refractivity contribution >= 4 is 11.5 Å². The van der Waals surface area contributed by atoms with Crippen LogP contribution in [0.4, 0.5) is 5.69 Å². The minimum Gasteiger partial charge on any atom is -0.412 e. The Balaban J connectivity index is 0.00000161. The van der Waals surface area contributed by atoms with Crippen molar-refractivity contribution in [3.63, 3.8) is 0 Å². The number of hydrogen-bond donors (Lipinski definition) is 1. The van der Waals surface area contributed by atoms with E-state index in [0.717, 1.165) is 17.2 Å². The molecule has 116 valence electrons. The molecule has 4 heteroatoms. The van der Waals surface area contributed by atoms with Gasteiger partial charge in [0.15, 0.2) is 5.78 Å². The minimum absolute atomic E-state index is 0. The van der Waals surface area contributed by atoms with Crippen LogP contribution < -0.4 is 5.73 Å². The van der Waals surface area contributed by atoms with Gasteiger partial charge in [-0.15, -0.1) is 0 Å². The number of ketones is 1. The molecule has 0 amide bonds. The Labute approximate surface area is 126 Å². The number of anilines is 1. The summed E-state index contributed by atoms with van der Waals surface area (Å²) >= 11 is 0. The van der Waals surface area contributed by atoms with Crippen molar-refractivity contribution in [2.45, 2.75) is 32.1 Å². The van der Waals surface area contributed by atoms with Crippen LogP contribution in [0.1, 0.15) is 42.5 Å². The summed E-state index contributed by atoms with van der Waals surface area (Å²) in [7, 11) is 0. The third-order valence-corrected chi connectivity index (χ3v) is 4.63. The van der Waals surface area contributed by atoms with E-state index < -0.39 is 0 Å². The lowest BCUT2D eigenvalue weighted by atomic mass is 9.89. The number of nitrogens with two attached hydrogens (primary N) is 1. The third-order valence-electron chi connectivity index (χ3n) is 4.63. The molecule has 1 aromatic rings. The molecule has 0 atom stereocenters. The largest absolute Gasteiger partial charge is 0.412 e. The van der Waals surface area contributed by atoms with Crippen LogP contribution in [0, 0.1) is 11.8 Å². The molecule has 1 aromatic carbocycles. The number of carbonyl (C=O) groups is 1. The van der Waals surface area contributed by atoms with Crippen LogP contribution in [0.15, 0.2) is 24.3 Å². The molecule has 1 saturated carbocycles. The summed E-state index contributed by atoms with van der Waals surface area (Å²) in [5.74, 6) is 1.81. The Kier molecular flexibility index (Phi) is 5.37. The number of nitrogens with zero attached hydrogens (tertiary/aromatic N) is 1. The summed E-state index contributed by atoms with van der Waals surface area (Å²) in [6.45, 7) is 3.64. The Bertz CT molecular complexity index is 460. The highest BCUT2D eigenvalue weighted by atomic mass is 16.1. The second-order valence-corrected chi connectivity index (χ2v) is 6.44. The van der Waals surface area contributed by atoms with Gasteiger partial charge < -0.3 is 16.1 Å². The van der Waals surface area contributed by atoms with Crippen LogP contribution >= 0.6 is 0 Å². The first-order valence-corrected chi connectivity index (χ1v) is 7.82. The SMILES string of the molecule is Nc1ccc(C(=O)CC2CCN(CC3CC3)CC2)cc1.O. The molecule has 0 aromatic heterocycles. The van der Waals surface area contributed by atoms with Crippen molar-refractivity contribution < 1.29 is 10.3 Å². The molecule has 4 nitrogen and oxygen atoms in total. The number of Topliss-reactive ketones (excluding diaryl/α,β-unsaturated/α-hetero) is 1. The zero-order valence-corrected chi connectivity index (χ0v) is 12.6. The van der Waals surface area contributed by atoms with Gasteiger partial charge in [0.1, 0.15) is 0 Å². The third kappa shape index (κ3) is 4.55. The van der Waals surface area contributed by atoms with Gasteiger partial charge in [-0.25, -0.2) is 0 Å². The number of piperidine rings is 1. The van der Waals surface area contributed by atoms with Gasteiger partial charge in [-0.1, -0.05) is 0 Å². The van der Waals surface area contributed by atoms with Crippen LogP contribution in [0.5, 0.6) is 0 Å². The van der Waals surface area contributed by atoms with Crippen LogP contribution in [-0.2, 0) is 0 Å². The van der Waals surface area contributed by atoms with E-state index in [1.807, 2.05) is 24.3 Å². The Hall–Kier alpha value is -1.39. The van der Waals surface area contributed by atoms with E-state index in [4.69, 9.17) is 5.73 Å². The van der Waals surface area contributed by atoms with Crippen LogP contribution in [0.3, 0.4) is 0 Å². The fraction of sp³-hybridized carbons (Fsp3) is 0.588. The summed E-state index contributed by atoms with van der Waals surface area (Å²) < 4.78 is 0. The van der Waals surface area contributed by atoms with Gasteiger partial charge >= 0.3 is 0 Å². The van der Waals surface area contributed by atoms with E-state index in [2.05, 4.69) is 4.90 Å². The second kappa shape index (κ2) is 7.05. The summed E-state index contributed by atoms with van der Waals surface area (Å²) in [5.41, 5.74) is 7.18. The van der Waals surface area contributed by atoms with Gasteiger partial charge in [0, 0.05) is 24.2 Å². The number of carbonyl (C=O) groups excluding carboxylic acids is 1. The lowest BCUT2D eigenvalue weighted by Crippen LogP contribution is -2.35. The fourth-order valence-electron chi connectivity index (χ4n) is 3.09. The quantitative estimate of drug-likeness (QED) is 0.666. The van der Waals surface area contributed by atoms with Gasteiger partial charge in [0.05, 0.1) is 0 Å². The number of hydrogen-bond acceptors (Lipinski definition) is 3. The van der Waals surface area contributed by atoms with Gasteiger partial charge in [-0.2, -0.15) is 0 Å². The highest BCUT2D eigenvalue weighted by molar-refractivity contribution is 5.96. The molecule has 1 aliphatic heterocycles. The molecule has 0 unspecified atom stereocenters. The predicted molar refractivity (Wildman–Crippen MR) is 85.3 cm³/mol. The molecule has 3 rings (SSSR count). The maximum Gasteiger partial charge on any atom is 0.163 e. The minimum atomic E-state index is 0. The number of likely N-dealkylation sites (tertiary alicyclic amines) is 1. The van der Waals surface area contributed by atoms with Crippen molar-refractivity contribution in [2.24, 2.45) is 11.8 Å². The normalized spacial score (nSPS) is 20.0. The van der Waals surface area contributed by atoms with Crippen molar-refractivity contribution in [1.29, 1.82) is 0 Å². The molecule has 0 spiro atoms. The van der Waals surface area contributed by atoms with E-state index >= 15 is 0 Å². The van der Waals surface area contributed by atoms with E-state index in [9.17, 15) is 4.79 Å². The molecule has 1 aliphatic carbocycles. The molecule has 21 heavy (non-hydrogen) atoms. The van der Waals surface area contributed by atoms with E-state index in [0.29, 0.717) is 12.3 Å². The van der Waals surface area contributed by atoms with Gasteiger partial charge in [0.25, 0.3) is 0 Å². The second-order valence-electron chi connectivity index (χ2n) is 6.44. The van der Waals surface area contributed by atoms with E-state index in [-0.39, 0.29) is 11.3 Å². The molecule has 1 saturated heterocycles. The maximum atomic E-state index is 12.2. The van der Waals surface area contributed by atoms with E-state index in [1.54, 1.807) is 0 Å². The fourth-order valence-corrected chi connectivity index (χ4v) is 3.09. The molecule has 4 N–H and O–H groups in total. The number of benzene rings is 1. The molecule has 2 aliphatic rings. The van der Waals surface area contributed by atoms with Gasteiger partial charge in [0.2, 0.25) is 0 Å². The van der Waals surface area contributed by atoms with E-state index in [1.165, 1.54) is 45.3 Å². The molecule has 0 bridgehead atoms. The van der Waals surface area contributed by atoms with Crippen LogP contribution in [0.25, 0.3) is 0 Å². The maximum absolute atomic E-state index is 12.2. The average Bonchev–Trinajstić information content (AvgIpc) is 3.26. The summed E-state index contributed by atoms with van der Waals surface area (Å²) in [5, 5.41) is 0. The monoisotopic (exact) mass is 290 g/mol. The Morgan fingerprint density at radius 3 is 2.24 bits per heavy atom. The lowest BCUT2D eigenvalue weighted by Gasteiger charge is -2.31. The molecule has 2 fully saturated rings. The van der Waals surface area contributed by atoms with Crippen LogP contribution in [0.2, 0.25) is 0 Å². The Morgan fingerprint density at radius 1 is 1.05 bits per heavy atom. The first kappa shape index (κ1) is 16.0. The van der Waals surface area contributed by atoms with Gasteiger partial charge in [-0.05, 0) is 74.9 Å². The zero-order chi connectivity index (χ0) is 13.9. The van der Waals surface area contributed by atoms with Crippen molar-refractivity contribution in [1.82, 2.24) is 4.90 Å². The summed E-state index contributed by atoms with van der Waals surface area (Å²) in [6, 6.07) is 7.32. The van der Waals surface area contributed by atoms with Crippen molar-refractivity contribution in [3.05, 3.63) is 29.8 Å². The highest BCUT2D eigenvalue weighted by Gasteiger charge is 2.27. The Morgan fingerprint density at radius 2 is 1.67 bits per heavy atom. The first-order chi connectivity index (χ1) is 9.70. The summed E-state index contributed by atoms with van der Waals surface area (Å²) in [4.78, 5) is 14.8. The molecule has 1 heterocycles. The first-order valence-electron chi connectivity index (χ1n) is 7.82.